The molecule has 1 aliphatic heterocycles. The van der Waals surface area contributed by atoms with Gasteiger partial charge in [0.05, 0.1) is 17.3 Å². The molecule has 0 bridgehead atoms. The van der Waals surface area contributed by atoms with Crippen molar-refractivity contribution in [1.29, 1.82) is 5.41 Å². The van der Waals surface area contributed by atoms with E-state index >= 15 is 0 Å². The first-order valence-electron chi connectivity index (χ1n) is 6.63. The van der Waals surface area contributed by atoms with Gasteiger partial charge in [0.1, 0.15) is 16.6 Å². The first kappa shape index (κ1) is 14.8. The van der Waals surface area contributed by atoms with Crippen molar-refractivity contribution in [2.75, 3.05) is 6.54 Å². The van der Waals surface area contributed by atoms with Crippen molar-refractivity contribution in [1.82, 2.24) is 9.88 Å². The molecule has 0 aliphatic carbocycles. The van der Waals surface area contributed by atoms with Gasteiger partial charge in [0.15, 0.2) is 0 Å². The van der Waals surface area contributed by atoms with E-state index in [1.165, 1.54) is 11.3 Å². The average molecular weight is 291 g/mol. The number of amidine groups is 1. The van der Waals surface area contributed by atoms with Crippen molar-refractivity contribution in [3.05, 3.63) is 34.5 Å². The van der Waals surface area contributed by atoms with E-state index in [-0.39, 0.29) is 17.2 Å². The van der Waals surface area contributed by atoms with Crippen LogP contribution in [0.25, 0.3) is 5.57 Å². The van der Waals surface area contributed by atoms with Crippen LogP contribution in [0.2, 0.25) is 0 Å². The lowest BCUT2D eigenvalue weighted by atomic mass is 9.93. The molecule has 20 heavy (non-hydrogen) atoms. The molecular weight excluding hydrogens is 270 g/mol. The Morgan fingerprint density at radius 1 is 1.55 bits per heavy atom. The third kappa shape index (κ3) is 2.38. The van der Waals surface area contributed by atoms with Crippen LogP contribution in [-0.2, 0) is 5.41 Å². The molecule has 2 N–H and O–H groups in total. The van der Waals surface area contributed by atoms with Crippen molar-refractivity contribution in [2.24, 2.45) is 0 Å². The number of hydrogen-bond donors (Lipinski definition) is 2. The number of rotatable bonds is 3. The maximum absolute atomic E-state index is 10.3. The van der Waals surface area contributed by atoms with Gasteiger partial charge in [-0.3, -0.25) is 5.41 Å². The molecule has 0 amide bonds. The van der Waals surface area contributed by atoms with Gasteiger partial charge in [0, 0.05) is 17.3 Å². The number of aromatic nitrogens is 1. The minimum atomic E-state index is -0.197. The second kappa shape index (κ2) is 5.05. The Bertz CT molecular complexity index is 580. The standard InChI is InChI=1S/C15H21N3OS/c1-6-7-18-9(2)12(19)11(13(18)16)14-17-10(8-20-14)15(3,4)5/h6,8-9,16,19H,1,7H2,2-5H3. The third-order valence-electron chi connectivity index (χ3n) is 3.46. The van der Waals surface area contributed by atoms with Crippen molar-refractivity contribution < 1.29 is 5.11 Å². The normalized spacial score (nSPS) is 19.9. The Hall–Kier alpha value is -1.62. The van der Waals surface area contributed by atoms with Crippen LogP contribution < -0.4 is 0 Å². The lowest BCUT2D eigenvalue weighted by Crippen LogP contribution is -2.33. The van der Waals surface area contributed by atoms with Crippen molar-refractivity contribution in [3.63, 3.8) is 0 Å². The quantitative estimate of drug-likeness (QED) is 0.837. The molecule has 0 saturated carbocycles. The fraction of sp³-hybridized carbons (Fsp3) is 0.467. The Balaban J connectivity index is 2.39. The summed E-state index contributed by atoms with van der Waals surface area (Å²) in [4.78, 5) is 6.42. The number of hydrogen-bond acceptors (Lipinski definition) is 4. The second-order valence-electron chi connectivity index (χ2n) is 6.01. The van der Waals surface area contributed by atoms with E-state index in [2.05, 4.69) is 32.3 Å². The van der Waals surface area contributed by atoms with Gasteiger partial charge in [-0.1, -0.05) is 26.8 Å². The Morgan fingerprint density at radius 3 is 2.70 bits per heavy atom. The van der Waals surface area contributed by atoms with Gasteiger partial charge in [0.2, 0.25) is 0 Å². The Morgan fingerprint density at radius 2 is 2.20 bits per heavy atom. The molecule has 0 radical (unpaired) electrons. The van der Waals surface area contributed by atoms with Crippen molar-refractivity contribution in [3.8, 4) is 0 Å². The van der Waals surface area contributed by atoms with E-state index in [0.29, 0.717) is 18.0 Å². The second-order valence-corrected chi connectivity index (χ2v) is 6.87. The minimum absolute atomic E-state index is 0.0296. The van der Waals surface area contributed by atoms with E-state index in [4.69, 9.17) is 5.41 Å². The molecule has 0 aromatic carbocycles. The maximum Gasteiger partial charge on any atom is 0.135 e. The minimum Gasteiger partial charge on any atom is -0.509 e. The summed E-state index contributed by atoms with van der Waals surface area (Å²) in [5.74, 6) is 0.552. The van der Waals surface area contributed by atoms with E-state index in [0.717, 1.165) is 10.7 Å². The average Bonchev–Trinajstić information content (AvgIpc) is 2.90. The molecule has 5 heteroatoms. The Labute approximate surface area is 124 Å². The molecule has 1 aromatic rings. The fourth-order valence-electron chi connectivity index (χ4n) is 2.15. The zero-order valence-electron chi connectivity index (χ0n) is 12.4. The summed E-state index contributed by atoms with van der Waals surface area (Å²) in [5.41, 5.74) is 1.51. The van der Waals surface area contributed by atoms with E-state index in [1.54, 1.807) is 6.08 Å². The van der Waals surface area contributed by atoms with Crippen LogP contribution in [0.15, 0.2) is 23.8 Å². The summed E-state index contributed by atoms with van der Waals surface area (Å²) in [6, 6.07) is -0.197. The lowest BCUT2D eigenvalue weighted by Gasteiger charge is -2.22. The molecule has 1 atom stereocenters. The topological polar surface area (TPSA) is 60.2 Å². The number of aliphatic hydroxyl groups excluding tert-OH is 1. The lowest BCUT2D eigenvalue weighted by molar-refractivity contribution is 0.300. The highest BCUT2D eigenvalue weighted by atomic mass is 32.1. The van der Waals surface area contributed by atoms with Gasteiger partial charge < -0.3 is 10.0 Å². The molecule has 4 nitrogen and oxygen atoms in total. The van der Waals surface area contributed by atoms with Gasteiger partial charge in [-0.05, 0) is 6.92 Å². The van der Waals surface area contributed by atoms with Crippen LogP contribution in [-0.4, -0.2) is 33.4 Å². The summed E-state index contributed by atoms with van der Waals surface area (Å²) in [7, 11) is 0. The fourth-order valence-corrected chi connectivity index (χ4v) is 3.25. The molecule has 2 rings (SSSR count). The predicted molar refractivity (Wildman–Crippen MR) is 84.5 cm³/mol. The van der Waals surface area contributed by atoms with Crippen LogP contribution in [0.4, 0.5) is 0 Å². The summed E-state index contributed by atoms with van der Waals surface area (Å²) in [5, 5.41) is 21.3. The molecule has 108 valence electrons. The van der Waals surface area contributed by atoms with E-state index in [1.807, 2.05) is 17.2 Å². The number of nitrogens with one attached hydrogen (secondary N) is 1. The van der Waals surface area contributed by atoms with Gasteiger partial charge in [-0.2, -0.15) is 0 Å². The Kier molecular flexibility index (Phi) is 3.73. The maximum atomic E-state index is 10.3. The monoisotopic (exact) mass is 291 g/mol. The van der Waals surface area contributed by atoms with Crippen LogP contribution in [0.5, 0.6) is 0 Å². The van der Waals surface area contributed by atoms with Crippen LogP contribution in [0.3, 0.4) is 0 Å². The molecule has 1 aliphatic rings. The summed E-state index contributed by atoms with van der Waals surface area (Å²) in [6.07, 6.45) is 1.74. The molecule has 1 unspecified atom stereocenters. The van der Waals surface area contributed by atoms with E-state index < -0.39 is 0 Å². The van der Waals surface area contributed by atoms with E-state index in [9.17, 15) is 5.11 Å². The molecule has 0 saturated heterocycles. The summed E-state index contributed by atoms with van der Waals surface area (Å²) < 4.78 is 0. The zero-order valence-corrected chi connectivity index (χ0v) is 13.2. The number of thiazole rings is 1. The van der Waals surface area contributed by atoms with Gasteiger partial charge >= 0.3 is 0 Å². The number of aliphatic hydroxyl groups is 1. The highest BCUT2D eigenvalue weighted by molar-refractivity contribution is 7.11. The highest BCUT2D eigenvalue weighted by Crippen LogP contribution is 2.35. The SMILES string of the molecule is C=CCN1C(=N)C(c2nc(C(C)(C)C)cs2)=C(O)C1C. The smallest absolute Gasteiger partial charge is 0.135 e. The van der Waals surface area contributed by atoms with Crippen LogP contribution in [0.1, 0.15) is 38.4 Å². The predicted octanol–water partition coefficient (Wildman–Crippen LogP) is 3.58. The molecule has 0 spiro atoms. The van der Waals surface area contributed by atoms with Gasteiger partial charge in [0.25, 0.3) is 0 Å². The summed E-state index contributed by atoms with van der Waals surface area (Å²) in [6.45, 7) is 12.4. The molecule has 1 aromatic heterocycles. The summed E-state index contributed by atoms with van der Waals surface area (Å²) >= 11 is 1.48. The van der Waals surface area contributed by atoms with Gasteiger partial charge in [-0.15, -0.1) is 17.9 Å². The number of nitrogens with zero attached hydrogens (tertiary/aromatic N) is 2. The highest BCUT2D eigenvalue weighted by Gasteiger charge is 2.35. The first-order chi connectivity index (χ1) is 9.27. The van der Waals surface area contributed by atoms with Gasteiger partial charge in [-0.25, -0.2) is 4.98 Å². The largest absolute Gasteiger partial charge is 0.509 e. The van der Waals surface area contributed by atoms with Crippen molar-refractivity contribution in [2.45, 2.75) is 39.2 Å². The first-order valence-corrected chi connectivity index (χ1v) is 7.51. The van der Waals surface area contributed by atoms with Crippen LogP contribution >= 0.6 is 11.3 Å². The molecule has 2 heterocycles. The molecular formula is C15H21N3OS. The third-order valence-corrected chi connectivity index (χ3v) is 4.32. The molecule has 0 fully saturated rings. The van der Waals surface area contributed by atoms with Crippen molar-refractivity contribution >= 4 is 22.7 Å². The zero-order chi connectivity index (χ0) is 15.1. The van der Waals surface area contributed by atoms with Crippen LogP contribution in [0, 0.1) is 5.41 Å².